The van der Waals surface area contributed by atoms with Gasteiger partial charge in [0.25, 0.3) is 0 Å². The summed E-state index contributed by atoms with van der Waals surface area (Å²) in [4.78, 5) is 2.20. The van der Waals surface area contributed by atoms with Gasteiger partial charge in [-0.1, -0.05) is 71.1 Å². The van der Waals surface area contributed by atoms with Crippen LogP contribution in [0.5, 0.6) is 0 Å². The topological polar surface area (TPSA) is 43.7 Å². The molecular weight excluding hydrogens is 286 g/mol. The van der Waals surface area contributed by atoms with Crippen molar-refractivity contribution in [1.82, 2.24) is 4.90 Å². The van der Waals surface area contributed by atoms with E-state index in [0.29, 0.717) is 12.5 Å². The number of aliphatic hydroxyl groups is 2. The van der Waals surface area contributed by atoms with E-state index in [0.717, 1.165) is 38.8 Å². The number of hydrogen-bond donors (Lipinski definition) is 2. The number of unbranched alkanes of at least 4 members (excludes halogenated alkanes) is 10. The number of hydrogen-bond acceptors (Lipinski definition) is 3. The van der Waals surface area contributed by atoms with Crippen LogP contribution in [0.4, 0.5) is 0 Å². The summed E-state index contributed by atoms with van der Waals surface area (Å²) in [5, 5.41) is 19.4. The third-order valence-corrected chi connectivity index (χ3v) is 5.39. The van der Waals surface area contributed by atoms with Crippen molar-refractivity contribution in [3.05, 3.63) is 0 Å². The average molecular weight is 328 g/mol. The molecule has 3 heteroatoms. The molecule has 1 rings (SSSR count). The van der Waals surface area contributed by atoms with E-state index in [4.69, 9.17) is 5.11 Å². The van der Waals surface area contributed by atoms with Gasteiger partial charge in [0, 0.05) is 19.7 Å². The lowest BCUT2D eigenvalue weighted by atomic mass is 9.97. The molecule has 138 valence electrons. The predicted molar refractivity (Wildman–Crippen MR) is 98.5 cm³/mol. The maximum atomic E-state index is 10.2. The van der Waals surface area contributed by atoms with Crippen molar-refractivity contribution < 1.29 is 10.2 Å². The summed E-state index contributed by atoms with van der Waals surface area (Å²) in [5.74, 6) is 0.459. The number of rotatable bonds is 14. The Labute approximate surface area is 144 Å². The van der Waals surface area contributed by atoms with Crippen LogP contribution in [-0.2, 0) is 0 Å². The summed E-state index contributed by atoms with van der Waals surface area (Å²) in [5.41, 5.74) is 0. The third-order valence-electron chi connectivity index (χ3n) is 5.39. The molecule has 0 radical (unpaired) electrons. The second-order valence-electron chi connectivity index (χ2n) is 7.47. The van der Waals surface area contributed by atoms with Gasteiger partial charge in [-0.2, -0.15) is 0 Å². The van der Waals surface area contributed by atoms with Crippen LogP contribution in [-0.4, -0.2) is 41.0 Å². The molecule has 0 aliphatic carbocycles. The summed E-state index contributed by atoms with van der Waals surface area (Å²) in [6, 6.07) is 0. The average Bonchev–Trinajstić information content (AvgIpc) is 2.59. The second-order valence-corrected chi connectivity index (χ2v) is 7.47. The van der Waals surface area contributed by atoms with E-state index >= 15 is 0 Å². The molecule has 0 spiro atoms. The zero-order valence-electron chi connectivity index (χ0n) is 15.5. The van der Waals surface area contributed by atoms with E-state index in [-0.39, 0.29) is 6.23 Å². The zero-order valence-corrected chi connectivity index (χ0v) is 15.5. The maximum absolute atomic E-state index is 10.2. The Kier molecular flexibility index (Phi) is 13.0. The van der Waals surface area contributed by atoms with E-state index in [2.05, 4.69) is 11.8 Å². The molecule has 1 fully saturated rings. The van der Waals surface area contributed by atoms with Crippen LogP contribution in [0, 0.1) is 5.92 Å². The SMILES string of the molecule is CCCCCCCCCCCCCC(O)N1CCC(CO)CC1. The molecule has 0 aromatic carbocycles. The fraction of sp³-hybridized carbons (Fsp3) is 1.00. The summed E-state index contributed by atoms with van der Waals surface area (Å²) < 4.78 is 0. The molecule has 1 saturated heterocycles. The van der Waals surface area contributed by atoms with Gasteiger partial charge in [0.05, 0.1) is 0 Å². The van der Waals surface area contributed by atoms with Gasteiger partial charge in [-0.3, -0.25) is 4.90 Å². The first-order valence-corrected chi connectivity index (χ1v) is 10.3. The molecule has 2 N–H and O–H groups in total. The standard InChI is InChI=1S/C20H41NO2/c1-2-3-4-5-6-7-8-9-10-11-12-13-20(23)21-16-14-19(18-22)15-17-21/h19-20,22-23H,2-18H2,1H3. The highest BCUT2D eigenvalue weighted by Gasteiger charge is 2.22. The van der Waals surface area contributed by atoms with E-state index in [1.54, 1.807) is 0 Å². The molecule has 0 aromatic rings. The Bertz CT molecular complexity index is 252. The van der Waals surface area contributed by atoms with Crippen LogP contribution in [0.1, 0.15) is 96.8 Å². The van der Waals surface area contributed by atoms with Gasteiger partial charge in [-0.05, 0) is 31.6 Å². The molecule has 0 bridgehead atoms. The molecule has 1 aliphatic heterocycles. The fourth-order valence-corrected chi connectivity index (χ4v) is 3.61. The first-order chi connectivity index (χ1) is 11.3. The first-order valence-electron chi connectivity index (χ1n) is 10.3. The van der Waals surface area contributed by atoms with E-state index in [1.807, 2.05) is 0 Å². The minimum atomic E-state index is -0.256. The summed E-state index contributed by atoms with van der Waals surface area (Å²) >= 11 is 0. The Morgan fingerprint density at radius 3 is 1.78 bits per heavy atom. The van der Waals surface area contributed by atoms with Crippen molar-refractivity contribution in [2.45, 2.75) is 103 Å². The molecule has 1 heterocycles. The van der Waals surface area contributed by atoms with Crippen LogP contribution in [0.2, 0.25) is 0 Å². The van der Waals surface area contributed by atoms with E-state index in [9.17, 15) is 5.11 Å². The predicted octanol–water partition coefficient (Wildman–Crippen LogP) is 4.71. The Hall–Kier alpha value is -0.120. The molecule has 23 heavy (non-hydrogen) atoms. The smallest absolute Gasteiger partial charge is 0.107 e. The lowest BCUT2D eigenvalue weighted by Gasteiger charge is -2.34. The Morgan fingerprint density at radius 2 is 1.30 bits per heavy atom. The molecular formula is C20H41NO2. The van der Waals surface area contributed by atoms with E-state index < -0.39 is 0 Å². The molecule has 0 amide bonds. The highest BCUT2D eigenvalue weighted by molar-refractivity contribution is 4.73. The zero-order chi connectivity index (χ0) is 16.8. The molecule has 3 nitrogen and oxygen atoms in total. The number of aliphatic hydroxyl groups excluding tert-OH is 2. The van der Waals surface area contributed by atoms with Crippen molar-refractivity contribution >= 4 is 0 Å². The lowest BCUT2D eigenvalue weighted by molar-refractivity contribution is -0.0279. The molecule has 1 atom stereocenters. The summed E-state index contributed by atoms with van der Waals surface area (Å²) in [7, 11) is 0. The molecule has 0 aromatic heterocycles. The van der Waals surface area contributed by atoms with Crippen molar-refractivity contribution in [3.8, 4) is 0 Å². The van der Waals surface area contributed by atoms with Gasteiger partial charge in [0.2, 0.25) is 0 Å². The van der Waals surface area contributed by atoms with Gasteiger partial charge < -0.3 is 10.2 Å². The van der Waals surface area contributed by atoms with Gasteiger partial charge >= 0.3 is 0 Å². The van der Waals surface area contributed by atoms with Crippen molar-refractivity contribution in [3.63, 3.8) is 0 Å². The highest BCUT2D eigenvalue weighted by atomic mass is 16.3. The van der Waals surface area contributed by atoms with Crippen LogP contribution in [0.3, 0.4) is 0 Å². The normalized spacial score (nSPS) is 18.4. The Morgan fingerprint density at radius 1 is 0.826 bits per heavy atom. The van der Waals surface area contributed by atoms with E-state index in [1.165, 1.54) is 64.2 Å². The quantitative estimate of drug-likeness (QED) is 0.454. The van der Waals surface area contributed by atoms with Crippen molar-refractivity contribution in [2.24, 2.45) is 5.92 Å². The van der Waals surface area contributed by atoms with Gasteiger partial charge in [-0.15, -0.1) is 0 Å². The van der Waals surface area contributed by atoms with Gasteiger partial charge in [0.15, 0.2) is 0 Å². The number of nitrogens with zero attached hydrogens (tertiary/aromatic N) is 1. The molecule has 0 saturated carbocycles. The minimum Gasteiger partial charge on any atom is -0.396 e. The van der Waals surface area contributed by atoms with Crippen LogP contribution in [0.25, 0.3) is 0 Å². The van der Waals surface area contributed by atoms with Crippen molar-refractivity contribution in [1.29, 1.82) is 0 Å². The summed E-state index contributed by atoms with van der Waals surface area (Å²) in [6.45, 7) is 4.48. The van der Waals surface area contributed by atoms with Crippen LogP contribution < -0.4 is 0 Å². The maximum Gasteiger partial charge on any atom is 0.107 e. The van der Waals surface area contributed by atoms with Gasteiger partial charge in [0.1, 0.15) is 6.23 Å². The van der Waals surface area contributed by atoms with Crippen molar-refractivity contribution in [2.75, 3.05) is 19.7 Å². The second kappa shape index (κ2) is 14.2. The number of piperidine rings is 1. The largest absolute Gasteiger partial charge is 0.396 e. The van der Waals surface area contributed by atoms with Crippen LogP contribution >= 0.6 is 0 Å². The Balaban J connectivity index is 1.85. The first kappa shape index (κ1) is 20.9. The lowest BCUT2D eigenvalue weighted by Crippen LogP contribution is -2.41. The number of likely N-dealkylation sites (tertiary alicyclic amines) is 1. The molecule has 1 unspecified atom stereocenters. The van der Waals surface area contributed by atoms with Crippen LogP contribution in [0.15, 0.2) is 0 Å². The third kappa shape index (κ3) is 10.4. The monoisotopic (exact) mass is 327 g/mol. The fourth-order valence-electron chi connectivity index (χ4n) is 3.61. The summed E-state index contributed by atoms with van der Waals surface area (Å²) in [6.07, 6.45) is 17.6. The van der Waals surface area contributed by atoms with Gasteiger partial charge in [-0.25, -0.2) is 0 Å². The highest BCUT2D eigenvalue weighted by Crippen LogP contribution is 2.20. The minimum absolute atomic E-state index is 0.256. The molecule has 1 aliphatic rings.